The molecule has 2 aliphatic rings. The second-order valence-corrected chi connectivity index (χ2v) is 7.69. The summed E-state index contributed by atoms with van der Waals surface area (Å²) in [6, 6.07) is 8.14. The van der Waals surface area contributed by atoms with Gasteiger partial charge in [0.1, 0.15) is 0 Å². The molecule has 2 heterocycles. The molecule has 3 rings (SSSR count). The Morgan fingerprint density at radius 1 is 1.04 bits per heavy atom. The molecule has 1 aromatic rings. The van der Waals surface area contributed by atoms with Crippen molar-refractivity contribution >= 4 is 34.7 Å². The summed E-state index contributed by atoms with van der Waals surface area (Å²) < 4.78 is 0. The molecule has 0 aliphatic carbocycles. The summed E-state index contributed by atoms with van der Waals surface area (Å²) >= 11 is 1.05. The minimum atomic E-state index is -0.168. The Morgan fingerprint density at radius 3 is 2.31 bits per heavy atom. The van der Waals surface area contributed by atoms with Crippen LogP contribution in [-0.2, 0) is 4.79 Å². The summed E-state index contributed by atoms with van der Waals surface area (Å²) in [4.78, 5) is 31.3. The van der Waals surface area contributed by atoms with Gasteiger partial charge in [-0.3, -0.25) is 19.4 Å². The maximum atomic E-state index is 12.6. The van der Waals surface area contributed by atoms with Crippen LogP contribution in [0.2, 0.25) is 0 Å². The number of carbonyl (C=O) groups excluding carboxylic acids is 2. The lowest BCUT2D eigenvalue weighted by molar-refractivity contribution is -0.124. The Labute approximate surface area is 160 Å². The van der Waals surface area contributed by atoms with Crippen molar-refractivity contribution < 1.29 is 9.59 Å². The average Bonchev–Trinajstić information content (AvgIpc) is 2.92. The molecule has 0 N–H and O–H groups in total. The zero-order valence-corrected chi connectivity index (χ0v) is 16.4. The van der Waals surface area contributed by atoms with E-state index in [2.05, 4.69) is 35.8 Å². The van der Waals surface area contributed by atoms with Crippen molar-refractivity contribution in [3.8, 4) is 0 Å². The van der Waals surface area contributed by atoms with Crippen LogP contribution in [0.15, 0.2) is 29.2 Å². The molecule has 2 aliphatic heterocycles. The minimum Gasteiger partial charge on any atom is -0.372 e. The van der Waals surface area contributed by atoms with E-state index in [1.165, 1.54) is 17.0 Å². The third-order valence-corrected chi connectivity index (χ3v) is 5.89. The van der Waals surface area contributed by atoms with Gasteiger partial charge in [-0.15, -0.1) is 0 Å². The maximum absolute atomic E-state index is 12.6. The van der Waals surface area contributed by atoms with Crippen LogP contribution < -0.4 is 4.90 Å². The van der Waals surface area contributed by atoms with E-state index in [0.29, 0.717) is 11.6 Å². The van der Waals surface area contributed by atoms with Crippen molar-refractivity contribution in [1.82, 2.24) is 9.80 Å². The Morgan fingerprint density at radius 2 is 1.69 bits per heavy atom. The van der Waals surface area contributed by atoms with Gasteiger partial charge in [0.2, 0.25) is 0 Å². The zero-order chi connectivity index (χ0) is 18.5. The summed E-state index contributed by atoms with van der Waals surface area (Å²) in [6.45, 7) is 8.55. The van der Waals surface area contributed by atoms with E-state index in [4.69, 9.17) is 0 Å². The molecule has 2 amide bonds. The molecule has 6 heteroatoms. The first-order valence-electron chi connectivity index (χ1n) is 9.45. The van der Waals surface area contributed by atoms with Crippen LogP contribution in [0.4, 0.5) is 10.5 Å². The maximum Gasteiger partial charge on any atom is 0.294 e. The Kier molecular flexibility index (Phi) is 6.38. The number of hydrogen-bond donors (Lipinski definition) is 0. The highest BCUT2D eigenvalue weighted by molar-refractivity contribution is 8.18. The van der Waals surface area contributed by atoms with Crippen LogP contribution in [0.1, 0.15) is 38.7 Å². The minimum absolute atomic E-state index is 0.161. The number of thioether (sulfide) groups is 1. The topological polar surface area (TPSA) is 43.9 Å². The number of carbonyl (C=O) groups is 2. The Bertz CT molecular complexity index is 677. The monoisotopic (exact) mass is 373 g/mol. The fourth-order valence-corrected chi connectivity index (χ4v) is 4.28. The van der Waals surface area contributed by atoms with Gasteiger partial charge in [0.25, 0.3) is 11.1 Å². The molecule has 2 saturated heterocycles. The summed E-state index contributed by atoms with van der Waals surface area (Å²) in [5.41, 5.74) is 2.12. The van der Waals surface area contributed by atoms with Crippen molar-refractivity contribution in [3.05, 3.63) is 34.7 Å². The van der Waals surface area contributed by atoms with Gasteiger partial charge in [-0.1, -0.05) is 18.6 Å². The predicted molar refractivity (Wildman–Crippen MR) is 108 cm³/mol. The van der Waals surface area contributed by atoms with Crippen molar-refractivity contribution in [3.63, 3.8) is 0 Å². The molecular weight excluding hydrogens is 346 g/mol. The largest absolute Gasteiger partial charge is 0.372 e. The van der Waals surface area contributed by atoms with Crippen LogP contribution in [-0.4, -0.2) is 53.8 Å². The molecule has 0 atom stereocenters. The first kappa shape index (κ1) is 19.0. The fraction of sp³-hybridized carbons (Fsp3) is 0.500. The molecule has 0 unspecified atom stereocenters. The summed E-state index contributed by atoms with van der Waals surface area (Å²) in [5.74, 6) is -0.168. The second kappa shape index (κ2) is 8.73. The van der Waals surface area contributed by atoms with Gasteiger partial charge in [-0.25, -0.2) is 0 Å². The summed E-state index contributed by atoms with van der Waals surface area (Å²) in [7, 11) is 0. The van der Waals surface area contributed by atoms with Crippen molar-refractivity contribution in [2.75, 3.05) is 37.7 Å². The lowest BCUT2D eigenvalue weighted by Crippen LogP contribution is -2.42. The standard InChI is InChI=1S/C20H27N3O2S/c1-3-22(4-2)17-10-8-16(9-11-17)14-18-19(24)23(20(25)26-18)15-21-12-6-5-7-13-21/h8-11,14H,3-7,12-13,15H2,1-2H3. The van der Waals surface area contributed by atoms with Crippen LogP contribution in [0.25, 0.3) is 6.08 Å². The smallest absolute Gasteiger partial charge is 0.294 e. The number of piperidine rings is 1. The lowest BCUT2D eigenvalue weighted by Gasteiger charge is -2.29. The number of imide groups is 1. The number of anilines is 1. The molecule has 140 valence electrons. The zero-order valence-electron chi connectivity index (χ0n) is 15.6. The number of nitrogens with zero attached hydrogens (tertiary/aromatic N) is 3. The Hall–Kier alpha value is -1.79. The SMILES string of the molecule is CCN(CC)c1ccc(C=C2SC(=O)N(CN3CCCCC3)C2=O)cc1. The van der Waals surface area contributed by atoms with Crippen LogP contribution in [0.3, 0.4) is 0 Å². The normalized spacial score (nSPS) is 20.2. The van der Waals surface area contributed by atoms with Gasteiger partial charge >= 0.3 is 0 Å². The lowest BCUT2D eigenvalue weighted by atomic mass is 10.1. The van der Waals surface area contributed by atoms with Gasteiger partial charge in [-0.2, -0.15) is 0 Å². The Balaban J connectivity index is 1.69. The van der Waals surface area contributed by atoms with E-state index in [1.54, 1.807) is 0 Å². The fourth-order valence-electron chi connectivity index (χ4n) is 3.44. The molecule has 0 bridgehead atoms. The molecule has 26 heavy (non-hydrogen) atoms. The third kappa shape index (κ3) is 4.30. The van der Waals surface area contributed by atoms with Crippen LogP contribution in [0, 0.1) is 0 Å². The first-order valence-corrected chi connectivity index (χ1v) is 10.3. The van der Waals surface area contributed by atoms with Gasteiger partial charge in [0, 0.05) is 18.8 Å². The number of amides is 2. The van der Waals surface area contributed by atoms with Gasteiger partial charge in [0.05, 0.1) is 11.6 Å². The third-order valence-electron chi connectivity index (χ3n) is 4.98. The summed E-state index contributed by atoms with van der Waals surface area (Å²) in [6.07, 6.45) is 5.35. The highest BCUT2D eigenvalue weighted by atomic mass is 32.2. The van der Waals surface area contributed by atoms with Crippen molar-refractivity contribution in [1.29, 1.82) is 0 Å². The molecule has 5 nitrogen and oxygen atoms in total. The second-order valence-electron chi connectivity index (χ2n) is 6.69. The predicted octanol–water partition coefficient (Wildman–Crippen LogP) is 4.01. The van der Waals surface area contributed by atoms with E-state index < -0.39 is 0 Å². The summed E-state index contributed by atoms with van der Waals surface area (Å²) in [5, 5.41) is -0.161. The van der Waals surface area contributed by atoms with E-state index in [9.17, 15) is 9.59 Å². The van der Waals surface area contributed by atoms with Crippen LogP contribution >= 0.6 is 11.8 Å². The van der Waals surface area contributed by atoms with Crippen molar-refractivity contribution in [2.45, 2.75) is 33.1 Å². The molecule has 0 radical (unpaired) electrons. The van der Waals surface area contributed by atoms with E-state index >= 15 is 0 Å². The van der Waals surface area contributed by atoms with E-state index in [1.807, 2.05) is 18.2 Å². The number of likely N-dealkylation sites (tertiary alicyclic amines) is 1. The average molecular weight is 374 g/mol. The van der Waals surface area contributed by atoms with Gasteiger partial charge in [0.15, 0.2) is 0 Å². The quantitative estimate of drug-likeness (QED) is 0.705. The molecule has 1 aromatic carbocycles. The van der Waals surface area contributed by atoms with E-state index in [0.717, 1.165) is 56.3 Å². The molecule has 0 saturated carbocycles. The first-order chi connectivity index (χ1) is 12.6. The van der Waals surface area contributed by atoms with Crippen LogP contribution in [0.5, 0.6) is 0 Å². The molecule has 0 spiro atoms. The molecule has 2 fully saturated rings. The molecule has 0 aromatic heterocycles. The highest BCUT2D eigenvalue weighted by Gasteiger charge is 2.36. The number of benzene rings is 1. The highest BCUT2D eigenvalue weighted by Crippen LogP contribution is 2.32. The number of rotatable bonds is 6. The number of hydrogen-bond acceptors (Lipinski definition) is 5. The van der Waals surface area contributed by atoms with E-state index in [-0.39, 0.29) is 11.1 Å². The van der Waals surface area contributed by atoms with Gasteiger partial charge < -0.3 is 4.90 Å². The van der Waals surface area contributed by atoms with Gasteiger partial charge in [-0.05, 0) is 75.3 Å². The van der Waals surface area contributed by atoms with Crippen molar-refractivity contribution in [2.24, 2.45) is 0 Å². The molecular formula is C20H27N3O2S.